The topological polar surface area (TPSA) is 77.8 Å². The first-order valence-corrected chi connectivity index (χ1v) is 10.6. The van der Waals surface area contributed by atoms with E-state index in [2.05, 4.69) is 0 Å². The zero-order valence-corrected chi connectivity index (χ0v) is 17.6. The molecule has 1 aromatic heterocycles. The number of hydrogen-bond acceptors (Lipinski definition) is 5. The molecule has 5 rings (SSSR count). The summed E-state index contributed by atoms with van der Waals surface area (Å²) < 4.78 is 13.3. The molecule has 0 N–H and O–H groups in total. The Kier molecular flexibility index (Phi) is 4.68. The van der Waals surface area contributed by atoms with Gasteiger partial charge in [-0.1, -0.05) is 12.2 Å². The van der Waals surface area contributed by atoms with Crippen LogP contribution in [0, 0.1) is 25.7 Å². The molecule has 0 saturated carbocycles. The molecule has 0 unspecified atom stereocenters. The van der Waals surface area contributed by atoms with Crippen molar-refractivity contribution in [1.82, 2.24) is 9.47 Å². The second-order valence-corrected chi connectivity index (χ2v) is 8.29. The minimum absolute atomic E-state index is 0.212. The molecule has 160 valence electrons. The van der Waals surface area contributed by atoms with Crippen LogP contribution in [0.3, 0.4) is 0 Å². The highest BCUT2D eigenvalue weighted by Crippen LogP contribution is 2.36. The number of amides is 2. The number of ether oxygens (including phenoxy) is 2. The molecule has 2 aliphatic heterocycles. The highest BCUT2D eigenvalue weighted by atomic mass is 16.6. The SMILES string of the molecule is Cc1cc(C(=O)CN2C(=O)[C@H]3CC=CC[C@H]3C2=O)c(C)n1-c1ccc2c(c1)OCCO2. The summed E-state index contributed by atoms with van der Waals surface area (Å²) in [6.45, 7) is 4.61. The van der Waals surface area contributed by atoms with E-state index in [0.29, 0.717) is 43.1 Å². The number of nitrogens with zero attached hydrogens (tertiary/aromatic N) is 2. The Morgan fingerprint density at radius 1 is 0.968 bits per heavy atom. The third-order valence-corrected chi connectivity index (χ3v) is 6.42. The number of imide groups is 1. The maximum Gasteiger partial charge on any atom is 0.233 e. The Balaban J connectivity index is 1.41. The third-order valence-electron chi connectivity index (χ3n) is 6.42. The van der Waals surface area contributed by atoms with Gasteiger partial charge in [0.15, 0.2) is 17.3 Å². The van der Waals surface area contributed by atoms with E-state index >= 15 is 0 Å². The lowest BCUT2D eigenvalue weighted by Gasteiger charge is -2.20. The number of rotatable bonds is 4. The van der Waals surface area contributed by atoms with Crippen molar-refractivity contribution < 1.29 is 23.9 Å². The molecule has 1 aromatic carbocycles. The van der Waals surface area contributed by atoms with E-state index in [1.165, 1.54) is 0 Å². The molecule has 1 saturated heterocycles. The maximum atomic E-state index is 13.1. The number of allylic oxidation sites excluding steroid dienone is 2. The minimum Gasteiger partial charge on any atom is -0.486 e. The normalized spacial score (nSPS) is 22.1. The first-order valence-electron chi connectivity index (χ1n) is 10.6. The molecular weight excluding hydrogens is 396 g/mol. The zero-order chi connectivity index (χ0) is 21.7. The van der Waals surface area contributed by atoms with E-state index < -0.39 is 0 Å². The molecular formula is C24H24N2O5. The van der Waals surface area contributed by atoms with Gasteiger partial charge < -0.3 is 14.0 Å². The van der Waals surface area contributed by atoms with Crippen molar-refractivity contribution in [1.29, 1.82) is 0 Å². The van der Waals surface area contributed by atoms with Gasteiger partial charge in [0.2, 0.25) is 11.8 Å². The van der Waals surface area contributed by atoms with Crippen LogP contribution in [0.4, 0.5) is 0 Å². The fraction of sp³-hybridized carbons (Fsp3) is 0.375. The van der Waals surface area contributed by atoms with Gasteiger partial charge in [-0.2, -0.15) is 0 Å². The highest BCUT2D eigenvalue weighted by molar-refractivity contribution is 6.10. The van der Waals surface area contributed by atoms with Crippen molar-refractivity contribution >= 4 is 17.6 Å². The largest absolute Gasteiger partial charge is 0.486 e. The van der Waals surface area contributed by atoms with Crippen LogP contribution in [0.15, 0.2) is 36.4 Å². The zero-order valence-electron chi connectivity index (χ0n) is 17.6. The van der Waals surface area contributed by atoms with Crippen LogP contribution in [0.5, 0.6) is 11.5 Å². The summed E-state index contributed by atoms with van der Waals surface area (Å²) >= 11 is 0. The van der Waals surface area contributed by atoms with Crippen molar-refractivity contribution in [2.75, 3.05) is 19.8 Å². The first kappa shape index (κ1) is 19.6. The number of hydrogen-bond donors (Lipinski definition) is 0. The summed E-state index contributed by atoms with van der Waals surface area (Å²) in [6.07, 6.45) is 5.02. The van der Waals surface area contributed by atoms with E-state index in [0.717, 1.165) is 22.0 Å². The Morgan fingerprint density at radius 3 is 2.29 bits per heavy atom. The lowest BCUT2D eigenvalue weighted by atomic mass is 9.85. The Labute approximate surface area is 180 Å². The number of carbonyl (C=O) groups is 3. The van der Waals surface area contributed by atoms with E-state index in [1.807, 2.05) is 54.8 Å². The van der Waals surface area contributed by atoms with E-state index in [1.54, 1.807) is 0 Å². The fourth-order valence-corrected chi connectivity index (χ4v) is 4.87. The van der Waals surface area contributed by atoms with Gasteiger partial charge >= 0.3 is 0 Å². The van der Waals surface area contributed by atoms with Crippen LogP contribution >= 0.6 is 0 Å². The summed E-state index contributed by atoms with van der Waals surface area (Å²) in [5, 5.41) is 0. The van der Waals surface area contributed by atoms with Crippen molar-refractivity contribution in [3.8, 4) is 17.2 Å². The van der Waals surface area contributed by atoms with Crippen LogP contribution in [0.25, 0.3) is 5.69 Å². The lowest BCUT2D eigenvalue weighted by molar-refractivity contribution is -0.139. The molecule has 7 nitrogen and oxygen atoms in total. The Hall–Kier alpha value is -3.35. The summed E-state index contributed by atoms with van der Waals surface area (Å²) in [6, 6.07) is 7.50. The van der Waals surface area contributed by atoms with Gasteiger partial charge in [-0.15, -0.1) is 0 Å². The number of Topliss-reactive ketones (excluding diaryl/α,β-unsaturated/α-hetero) is 1. The van der Waals surface area contributed by atoms with Gasteiger partial charge in [0.25, 0.3) is 0 Å². The molecule has 2 atom stereocenters. The highest BCUT2D eigenvalue weighted by Gasteiger charge is 2.47. The standard InChI is InChI=1S/C24H24N2O5/c1-14-11-19(15(2)26(14)16-7-8-21-22(12-16)31-10-9-30-21)20(27)13-25-23(28)17-5-3-4-6-18(17)24(25)29/h3-4,7-8,11-12,17-18H,5-6,9-10,13H2,1-2H3/t17-,18+. The van der Waals surface area contributed by atoms with Crippen molar-refractivity contribution in [3.05, 3.63) is 53.4 Å². The predicted octanol–water partition coefficient (Wildman–Crippen LogP) is 3.00. The van der Waals surface area contributed by atoms with Crippen molar-refractivity contribution in [3.63, 3.8) is 0 Å². The van der Waals surface area contributed by atoms with Gasteiger partial charge in [0, 0.05) is 28.7 Å². The number of carbonyl (C=O) groups excluding carboxylic acids is 3. The molecule has 1 fully saturated rings. The summed E-state index contributed by atoms with van der Waals surface area (Å²) in [4.78, 5) is 39.7. The number of fused-ring (bicyclic) bond motifs is 2. The van der Waals surface area contributed by atoms with E-state index in [-0.39, 0.29) is 36.0 Å². The molecule has 31 heavy (non-hydrogen) atoms. The van der Waals surface area contributed by atoms with Crippen molar-refractivity contribution in [2.24, 2.45) is 11.8 Å². The van der Waals surface area contributed by atoms with Crippen LogP contribution in [0.1, 0.15) is 34.6 Å². The third kappa shape index (κ3) is 3.15. The van der Waals surface area contributed by atoms with Crippen LogP contribution in [-0.4, -0.2) is 46.8 Å². The molecule has 1 aliphatic carbocycles. The Morgan fingerprint density at radius 2 is 1.61 bits per heavy atom. The molecule has 0 radical (unpaired) electrons. The van der Waals surface area contributed by atoms with Gasteiger partial charge in [0.1, 0.15) is 13.2 Å². The van der Waals surface area contributed by atoms with Gasteiger partial charge in [0.05, 0.1) is 18.4 Å². The molecule has 0 spiro atoms. The fourth-order valence-electron chi connectivity index (χ4n) is 4.87. The summed E-state index contributed by atoms with van der Waals surface area (Å²) in [5.41, 5.74) is 3.02. The predicted molar refractivity (Wildman–Crippen MR) is 113 cm³/mol. The van der Waals surface area contributed by atoms with Gasteiger partial charge in [-0.05, 0) is 44.9 Å². The quantitative estimate of drug-likeness (QED) is 0.432. The van der Waals surface area contributed by atoms with Gasteiger partial charge in [-0.25, -0.2) is 0 Å². The molecule has 2 aromatic rings. The number of ketones is 1. The number of likely N-dealkylation sites (tertiary alicyclic amines) is 1. The lowest BCUT2D eigenvalue weighted by Crippen LogP contribution is -2.36. The van der Waals surface area contributed by atoms with Crippen molar-refractivity contribution in [2.45, 2.75) is 26.7 Å². The second kappa shape index (κ2) is 7.41. The number of benzene rings is 1. The molecule has 3 aliphatic rings. The van der Waals surface area contributed by atoms with Gasteiger partial charge in [-0.3, -0.25) is 19.3 Å². The average molecular weight is 420 g/mol. The van der Waals surface area contributed by atoms with Crippen LogP contribution < -0.4 is 9.47 Å². The number of aromatic nitrogens is 1. The second-order valence-electron chi connectivity index (χ2n) is 8.29. The average Bonchev–Trinajstić information content (AvgIpc) is 3.21. The number of aryl methyl sites for hydroxylation is 1. The minimum atomic E-state index is -0.324. The monoisotopic (exact) mass is 420 g/mol. The van der Waals surface area contributed by atoms with Crippen LogP contribution in [-0.2, 0) is 9.59 Å². The van der Waals surface area contributed by atoms with Crippen LogP contribution in [0.2, 0.25) is 0 Å². The smallest absolute Gasteiger partial charge is 0.233 e. The first-order chi connectivity index (χ1) is 15.0. The van der Waals surface area contributed by atoms with E-state index in [9.17, 15) is 14.4 Å². The molecule has 3 heterocycles. The molecule has 7 heteroatoms. The maximum absolute atomic E-state index is 13.1. The Bertz CT molecular complexity index is 1100. The van der Waals surface area contributed by atoms with E-state index in [4.69, 9.17) is 9.47 Å². The summed E-state index contributed by atoms with van der Waals surface area (Å²) in [7, 11) is 0. The molecule has 2 amide bonds. The molecule has 0 bridgehead atoms. The summed E-state index contributed by atoms with van der Waals surface area (Å²) in [5.74, 6) is 0.0437.